The van der Waals surface area contributed by atoms with Crippen LogP contribution in [0.15, 0.2) is 24.3 Å². The average Bonchev–Trinajstić information content (AvgIpc) is 2.27. The molecule has 0 unspecified atom stereocenters. The van der Waals surface area contributed by atoms with Gasteiger partial charge in [0.25, 0.3) is 0 Å². The van der Waals surface area contributed by atoms with Gasteiger partial charge in [0.2, 0.25) is 5.91 Å². The van der Waals surface area contributed by atoms with Gasteiger partial charge in [-0.3, -0.25) is 4.79 Å². The molecule has 0 aliphatic heterocycles. The second-order valence-electron chi connectivity index (χ2n) is 4.44. The summed E-state index contributed by atoms with van der Waals surface area (Å²) in [5.41, 5.74) is 6.56. The van der Waals surface area contributed by atoms with Crippen LogP contribution in [0.1, 0.15) is 19.4 Å². The molecule has 0 fully saturated rings. The molecule has 18 heavy (non-hydrogen) atoms. The van der Waals surface area contributed by atoms with E-state index >= 15 is 0 Å². The summed E-state index contributed by atoms with van der Waals surface area (Å²) in [6.45, 7) is 4.27. The minimum atomic E-state index is -0.484. The minimum Gasteiger partial charge on any atom is -0.354 e. The zero-order valence-corrected chi connectivity index (χ0v) is 11.5. The van der Waals surface area contributed by atoms with E-state index in [9.17, 15) is 9.18 Å². The molecule has 3 N–H and O–H groups in total. The van der Waals surface area contributed by atoms with Crippen LogP contribution in [-0.2, 0) is 11.2 Å². The molecule has 1 rings (SSSR count). The third-order valence-corrected chi connectivity index (χ3v) is 2.62. The van der Waals surface area contributed by atoms with E-state index in [0.29, 0.717) is 13.0 Å². The third kappa shape index (κ3) is 5.47. The molecule has 1 amide bonds. The first-order valence-corrected chi connectivity index (χ1v) is 5.78. The number of nitrogens with one attached hydrogen (secondary N) is 1. The average molecular weight is 275 g/mol. The van der Waals surface area contributed by atoms with Crippen molar-refractivity contribution < 1.29 is 9.18 Å². The summed E-state index contributed by atoms with van der Waals surface area (Å²) in [4.78, 5) is 11.5. The largest absolute Gasteiger partial charge is 0.354 e. The Morgan fingerprint density at radius 2 is 2.11 bits per heavy atom. The number of hydrogen-bond acceptors (Lipinski definition) is 2. The van der Waals surface area contributed by atoms with Crippen molar-refractivity contribution in [3.63, 3.8) is 0 Å². The summed E-state index contributed by atoms with van der Waals surface area (Å²) in [6.07, 6.45) is 0.605. The molecule has 0 bridgehead atoms. The molecule has 0 saturated heterocycles. The summed E-state index contributed by atoms with van der Waals surface area (Å²) in [5.74, 6) is -0.298. The minimum absolute atomic E-state index is 0. The monoisotopic (exact) mass is 274 g/mol. The van der Waals surface area contributed by atoms with Gasteiger partial charge in [-0.15, -0.1) is 12.4 Å². The van der Waals surface area contributed by atoms with Gasteiger partial charge >= 0.3 is 0 Å². The molecule has 1 aromatic carbocycles. The summed E-state index contributed by atoms with van der Waals surface area (Å²) >= 11 is 0. The zero-order chi connectivity index (χ0) is 12.8. The Labute approximate surface area is 113 Å². The van der Waals surface area contributed by atoms with Crippen LogP contribution in [0.3, 0.4) is 0 Å². The Balaban J connectivity index is 0.00000289. The van der Waals surface area contributed by atoms with E-state index < -0.39 is 6.04 Å². The van der Waals surface area contributed by atoms with Crippen LogP contribution in [0.5, 0.6) is 0 Å². The normalized spacial score (nSPS) is 11.8. The molecule has 0 radical (unpaired) electrons. The first-order chi connectivity index (χ1) is 8.00. The van der Waals surface area contributed by atoms with Crippen molar-refractivity contribution in [1.29, 1.82) is 0 Å². The van der Waals surface area contributed by atoms with Crippen molar-refractivity contribution in [3.05, 3.63) is 35.6 Å². The quantitative estimate of drug-likeness (QED) is 0.862. The van der Waals surface area contributed by atoms with Gasteiger partial charge in [0.1, 0.15) is 5.82 Å². The van der Waals surface area contributed by atoms with E-state index in [1.165, 1.54) is 12.1 Å². The van der Waals surface area contributed by atoms with Crippen LogP contribution < -0.4 is 11.1 Å². The molecule has 5 heteroatoms. The number of halogens is 2. The third-order valence-electron chi connectivity index (χ3n) is 2.62. The fourth-order valence-corrected chi connectivity index (χ4v) is 1.44. The second-order valence-corrected chi connectivity index (χ2v) is 4.44. The van der Waals surface area contributed by atoms with E-state index in [0.717, 1.165) is 5.56 Å². The molecule has 0 spiro atoms. The maximum absolute atomic E-state index is 12.9. The van der Waals surface area contributed by atoms with Gasteiger partial charge in [-0.05, 0) is 30.0 Å². The highest BCUT2D eigenvalue weighted by Gasteiger charge is 2.16. The maximum Gasteiger partial charge on any atom is 0.237 e. The molecule has 1 aromatic rings. The van der Waals surface area contributed by atoms with E-state index in [2.05, 4.69) is 5.32 Å². The summed E-state index contributed by atoms with van der Waals surface area (Å²) in [7, 11) is 0. The fraction of sp³-hybridized carbons (Fsp3) is 0.462. The Hall–Kier alpha value is -1.13. The molecule has 0 aliphatic carbocycles. The van der Waals surface area contributed by atoms with Crippen LogP contribution in [0, 0.1) is 11.7 Å². The Morgan fingerprint density at radius 1 is 1.44 bits per heavy atom. The summed E-state index contributed by atoms with van der Waals surface area (Å²) < 4.78 is 12.9. The van der Waals surface area contributed by atoms with Crippen LogP contribution in [0.4, 0.5) is 4.39 Å². The Kier molecular flexibility index (Phi) is 7.55. The number of amides is 1. The zero-order valence-electron chi connectivity index (χ0n) is 10.7. The highest BCUT2D eigenvalue weighted by molar-refractivity contribution is 5.85. The lowest BCUT2D eigenvalue weighted by atomic mass is 10.0. The standard InChI is InChI=1S/C13H19FN2O.ClH/c1-9(2)12(15)13(17)16-7-6-10-4-3-5-11(14)8-10;/h3-5,8-9,12H,6-7,15H2,1-2H3,(H,16,17);1H/t12-;/m1./s1. The smallest absolute Gasteiger partial charge is 0.237 e. The van der Waals surface area contributed by atoms with Gasteiger partial charge in [0.05, 0.1) is 6.04 Å². The van der Waals surface area contributed by atoms with Crippen LogP contribution in [-0.4, -0.2) is 18.5 Å². The Bertz CT molecular complexity index is 385. The van der Waals surface area contributed by atoms with Crippen molar-refractivity contribution in [2.24, 2.45) is 11.7 Å². The van der Waals surface area contributed by atoms with Gasteiger partial charge in [-0.25, -0.2) is 4.39 Å². The van der Waals surface area contributed by atoms with Gasteiger partial charge in [-0.1, -0.05) is 26.0 Å². The Morgan fingerprint density at radius 3 is 2.67 bits per heavy atom. The van der Waals surface area contributed by atoms with E-state index in [-0.39, 0.29) is 30.0 Å². The van der Waals surface area contributed by atoms with Crippen LogP contribution in [0.2, 0.25) is 0 Å². The van der Waals surface area contributed by atoms with Gasteiger partial charge in [0, 0.05) is 6.54 Å². The molecular weight excluding hydrogens is 255 g/mol. The van der Waals surface area contributed by atoms with Crippen LogP contribution in [0.25, 0.3) is 0 Å². The molecule has 3 nitrogen and oxygen atoms in total. The number of carbonyl (C=O) groups excluding carboxylic acids is 1. The number of carbonyl (C=O) groups is 1. The molecule has 0 aliphatic rings. The van der Waals surface area contributed by atoms with Crippen molar-refractivity contribution in [2.75, 3.05) is 6.54 Å². The van der Waals surface area contributed by atoms with Crippen molar-refractivity contribution in [1.82, 2.24) is 5.32 Å². The highest BCUT2D eigenvalue weighted by Crippen LogP contribution is 2.04. The molecule has 1 atom stereocenters. The fourth-order valence-electron chi connectivity index (χ4n) is 1.44. The number of rotatable bonds is 5. The predicted octanol–water partition coefficient (Wildman–Crippen LogP) is 1.89. The second kappa shape index (κ2) is 8.06. The number of hydrogen-bond donors (Lipinski definition) is 2. The molecule has 102 valence electrons. The lowest BCUT2D eigenvalue weighted by Crippen LogP contribution is -2.44. The summed E-state index contributed by atoms with van der Waals surface area (Å²) in [6, 6.07) is 5.87. The lowest BCUT2D eigenvalue weighted by Gasteiger charge is -2.15. The molecule has 0 saturated carbocycles. The van der Waals surface area contributed by atoms with Crippen molar-refractivity contribution in [2.45, 2.75) is 26.3 Å². The maximum atomic E-state index is 12.9. The topological polar surface area (TPSA) is 55.1 Å². The molecule has 0 heterocycles. The highest BCUT2D eigenvalue weighted by atomic mass is 35.5. The molecular formula is C13H20ClFN2O. The first-order valence-electron chi connectivity index (χ1n) is 5.78. The SMILES string of the molecule is CC(C)[C@@H](N)C(=O)NCCc1cccc(F)c1.Cl. The van der Waals surface area contributed by atoms with Crippen molar-refractivity contribution in [3.8, 4) is 0 Å². The number of benzene rings is 1. The lowest BCUT2D eigenvalue weighted by molar-refractivity contribution is -0.123. The summed E-state index contributed by atoms with van der Waals surface area (Å²) in [5, 5.41) is 2.75. The van der Waals surface area contributed by atoms with Crippen molar-refractivity contribution >= 4 is 18.3 Å². The van der Waals surface area contributed by atoms with E-state index in [4.69, 9.17) is 5.73 Å². The predicted molar refractivity (Wildman–Crippen MR) is 73.2 cm³/mol. The van der Waals surface area contributed by atoms with E-state index in [1.54, 1.807) is 6.07 Å². The van der Waals surface area contributed by atoms with Crippen LogP contribution >= 0.6 is 12.4 Å². The van der Waals surface area contributed by atoms with Gasteiger partial charge < -0.3 is 11.1 Å². The van der Waals surface area contributed by atoms with Gasteiger partial charge in [-0.2, -0.15) is 0 Å². The van der Waals surface area contributed by atoms with Gasteiger partial charge in [0.15, 0.2) is 0 Å². The van der Waals surface area contributed by atoms with E-state index in [1.807, 2.05) is 19.9 Å². The first kappa shape index (κ1) is 16.9. The number of nitrogens with two attached hydrogens (primary N) is 1. The molecule has 0 aromatic heterocycles.